The van der Waals surface area contributed by atoms with Gasteiger partial charge in [0.25, 0.3) is 5.91 Å². The van der Waals surface area contributed by atoms with Gasteiger partial charge >= 0.3 is 5.97 Å². The first-order valence-corrected chi connectivity index (χ1v) is 5.19. The fourth-order valence-corrected chi connectivity index (χ4v) is 1.59. The van der Waals surface area contributed by atoms with Gasteiger partial charge in [-0.1, -0.05) is 0 Å². The second-order valence-corrected chi connectivity index (χ2v) is 3.94. The predicted molar refractivity (Wildman–Crippen MR) is 53.5 cm³/mol. The molecule has 0 aliphatic carbocycles. The lowest BCUT2D eigenvalue weighted by molar-refractivity contribution is -0.140. The molecule has 5 nitrogen and oxygen atoms in total. The highest BCUT2D eigenvalue weighted by Gasteiger charge is 2.37. The predicted octanol–water partition coefficient (Wildman–Crippen LogP) is 0.536. The molecule has 86 valence electrons. The van der Waals surface area contributed by atoms with Crippen LogP contribution >= 0.6 is 0 Å². The van der Waals surface area contributed by atoms with Gasteiger partial charge in [0.2, 0.25) is 0 Å². The molecule has 1 fully saturated rings. The number of carboxylic acids is 1. The van der Waals surface area contributed by atoms with Gasteiger partial charge in [-0.2, -0.15) is 0 Å². The highest BCUT2D eigenvalue weighted by Crippen LogP contribution is 2.24. The maximum absolute atomic E-state index is 11.6. The van der Waals surface area contributed by atoms with E-state index in [-0.39, 0.29) is 12.3 Å². The molecule has 0 radical (unpaired) electrons. The summed E-state index contributed by atoms with van der Waals surface area (Å²) in [5.41, 5.74) is -0.705. The van der Waals surface area contributed by atoms with Crippen molar-refractivity contribution in [1.82, 2.24) is 5.32 Å². The average Bonchev–Trinajstić information content (AvgIpc) is 2.60. The Morgan fingerprint density at radius 3 is 2.80 bits per heavy atom. The summed E-state index contributed by atoms with van der Waals surface area (Å²) in [7, 11) is 0. The van der Waals surface area contributed by atoms with Gasteiger partial charge in [0.1, 0.15) is 5.60 Å². The number of hydrogen-bond acceptors (Lipinski definition) is 3. The summed E-state index contributed by atoms with van der Waals surface area (Å²) >= 11 is 0. The van der Waals surface area contributed by atoms with Crippen molar-refractivity contribution in [3.63, 3.8) is 0 Å². The summed E-state index contributed by atoms with van der Waals surface area (Å²) in [5, 5.41) is 11.1. The molecule has 0 bridgehead atoms. The monoisotopic (exact) mass is 215 g/mol. The SMILES string of the molecule is CC1(C(=O)NCCCC(=O)O)CCCO1. The molecule has 2 N–H and O–H groups in total. The Bertz CT molecular complexity index is 246. The molecule has 0 saturated carbocycles. The van der Waals surface area contributed by atoms with E-state index in [0.29, 0.717) is 19.6 Å². The van der Waals surface area contributed by atoms with E-state index in [1.54, 1.807) is 6.92 Å². The quantitative estimate of drug-likeness (QED) is 0.656. The second-order valence-electron chi connectivity index (χ2n) is 3.94. The summed E-state index contributed by atoms with van der Waals surface area (Å²) in [4.78, 5) is 21.9. The second kappa shape index (κ2) is 5.11. The minimum Gasteiger partial charge on any atom is -0.481 e. The van der Waals surface area contributed by atoms with Crippen molar-refractivity contribution in [2.45, 2.75) is 38.2 Å². The largest absolute Gasteiger partial charge is 0.481 e. The third kappa shape index (κ3) is 3.51. The molecule has 1 unspecified atom stereocenters. The summed E-state index contributed by atoms with van der Waals surface area (Å²) in [6.45, 7) is 2.79. The van der Waals surface area contributed by atoms with E-state index in [1.165, 1.54) is 0 Å². The number of carboxylic acid groups (broad SMARTS) is 1. The van der Waals surface area contributed by atoms with Crippen molar-refractivity contribution in [2.24, 2.45) is 0 Å². The summed E-state index contributed by atoms with van der Waals surface area (Å²) in [5.74, 6) is -0.974. The zero-order valence-corrected chi connectivity index (χ0v) is 8.91. The van der Waals surface area contributed by atoms with E-state index in [2.05, 4.69) is 5.32 Å². The molecule has 1 saturated heterocycles. The fraction of sp³-hybridized carbons (Fsp3) is 0.800. The normalized spacial score (nSPS) is 25.1. The zero-order chi connectivity index (χ0) is 11.3. The highest BCUT2D eigenvalue weighted by atomic mass is 16.5. The number of carbonyl (C=O) groups is 2. The van der Waals surface area contributed by atoms with E-state index in [0.717, 1.165) is 12.8 Å². The van der Waals surface area contributed by atoms with Crippen molar-refractivity contribution in [1.29, 1.82) is 0 Å². The van der Waals surface area contributed by atoms with E-state index in [1.807, 2.05) is 0 Å². The number of nitrogens with one attached hydrogen (secondary N) is 1. The van der Waals surface area contributed by atoms with Crippen LogP contribution in [0.2, 0.25) is 0 Å². The molecule has 1 amide bonds. The summed E-state index contributed by atoms with van der Waals surface area (Å²) < 4.78 is 5.35. The van der Waals surface area contributed by atoms with Gasteiger partial charge < -0.3 is 15.2 Å². The molecule has 0 aromatic rings. The highest BCUT2D eigenvalue weighted by molar-refractivity contribution is 5.85. The molecule has 1 heterocycles. The zero-order valence-electron chi connectivity index (χ0n) is 8.91. The van der Waals surface area contributed by atoms with Gasteiger partial charge in [-0.25, -0.2) is 0 Å². The molecule has 5 heteroatoms. The van der Waals surface area contributed by atoms with Crippen LogP contribution in [-0.2, 0) is 14.3 Å². The van der Waals surface area contributed by atoms with Gasteiger partial charge in [0.05, 0.1) is 0 Å². The molecule has 1 aliphatic rings. The lowest BCUT2D eigenvalue weighted by Crippen LogP contribution is -2.44. The van der Waals surface area contributed by atoms with Crippen LogP contribution in [0.3, 0.4) is 0 Å². The lowest BCUT2D eigenvalue weighted by Gasteiger charge is -2.21. The molecule has 1 aliphatic heterocycles. The Hall–Kier alpha value is -1.10. The number of ether oxygens (including phenoxy) is 1. The van der Waals surface area contributed by atoms with Crippen molar-refractivity contribution in [2.75, 3.05) is 13.2 Å². The first kappa shape index (κ1) is 12.0. The third-order valence-electron chi connectivity index (χ3n) is 2.55. The molecule has 0 aromatic heterocycles. The Labute approximate surface area is 88.8 Å². The summed E-state index contributed by atoms with van der Waals surface area (Å²) in [6.07, 6.45) is 2.17. The van der Waals surface area contributed by atoms with Crippen molar-refractivity contribution in [3.8, 4) is 0 Å². The Balaban J connectivity index is 2.21. The topological polar surface area (TPSA) is 75.6 Å². The molecular formula is C10H17NO4. The van der Waals surface area contributed by atoms with Crippen LogP contribution < -0.4 is 5.32 Å². The maximum atomic E-state index is 11.6. The van der Waals surface area contributed by atoms with Gasteiger partial charge in [-0.3, -0.25) is 9.59 Å². The number of hydrogen-bond donors (Lipinski definition) is 2. The van der Waals surface area contributed by atoms with Crippen LogP contribution in [0.1, 0.15) is 32.6 Å². The molecular weight excluding hydrogens is 198 g/mol. The number of aliphatic carboxylic acids is 1. The molecule has 1 rings (SSSR count). The van der Waals surface area contributed by atoms with Crippen LogP contribution in [-0.4, -0.2) is 35.7 Å². The fourth-order valence-electron chi connectivity index (χ4n) is 1.59. The smallest absolute Gasteiger partial charge is 0.303 e. The minimum atomic E-state index is -0.840. The Kier molecular flexibility index (Phi) is 4.08. The Morgan fingerprint density at radius 1 is 1.53 bits per heavy atom. The third-order valence-corrected chi connectivity index (χ3v) is 2.55. The molecule has 0 aromatic carbocycles. The molecule has 15 heavy (non-hydrogen) atoms. The molecule has 0 spiro atoms. The molecule has 1 atom stereocenters. The van der Waals surface area contributed by atoms with Crippen molar-refractivity contribution < 1.29 is 19.4 Å². The summed E-state index contributed by atoms with van der Waals surface area (Å²) in [6, 6.07) is 0. The number of amides is 1. The van der Waals surface area contributed by atoms with Crippen LogP contribution in [0.25, 0.3) is 0 Å². The van der Waals surface area contributed by atoms with Crippen LogP contribution in [0.5, 0.6) is 0 Å². The number of carbonyl (C=O) groups excluding carboxylic acids is 1. The number of rotatable bonds is 5. The van der Waals surface area contributed by atoms with Gasteiger partial charge in [-0.15, -0.1) is 0 Å². The van der Waals surface area contributed by atoms with Crippen molar-refractivity contribution in [3.05, 3.63) is 0 Å². The first-order valence-electron chi connectivity index (χ1n) is 5.19. The van der Waals surface area contributed by atoms with Gasteiger partial charge in [0.15, 0.2) is 0 Å². The van der Waals surface area contributed by atoms with Gasteiger partial charge in [-0.05, 0) is 26.2 Å². The van der Waals surface area contributed by atoms with Crippen LogP contribution in [0.4, 0.5) is 0 Å². The standard InChI is InChI=1S/C10H17NO4/c1-10(5-3-7-15-10)9(14)11-6-2-4-8(12)13/h2-7H2,1H3,(H,11,14)(H,12,13). The maximum Gasteiger partial charge on any atom is 0.303 e. The minimum absolute atomic E-state index is 0.0812. The van der Waals surface area contributed by atoms with Gasteiger partial charge in [0, 0.05) is 19.6 Å². The lowest BCUT2D eigenvalue weighted by atomic mass is 10.0. The van der Waals surface area contributed by atoms with E-state index in [4.69, 9.17) is 9.84 Å². The van der Waals surface area contributed by atoms with Crippen LogP contribution in [0, 0.1) is 0 Å². The average molecular weight is 215 g/mol. The first-order chi connectivity index (χ1) is 7.04. The van der Waals surface area contributed by atoms with Crippen LogP contribution in [0.15, 0.2) is 0 Å². The van der Waals surface area contributed by atoms with Crippen molar-refractivity contribution >= 4 is 11.9 Å². The van der Waals surface area contributed by atoms with E-state index in [9.17, 15) is 9.59 Å². The van der Waals surface area contributed by atoms with E-state index < -0.39 is 11.6 Å². The Morgan fingerprint density at radius 2 is 2.27 bits per heavy atom. The van der Waals surface area contributed by atoms with E-state index >= 15 is 0 Å².